The Labute approximate surface area is 191 Å². The fourth-order valence-electron chi connectivity index (χ4n) is 4.11. The quantitative estimate of drug-likeness (QED) is 0.490. The molecular weight excluding hydrogens is 434 g/mol. The minimum atomic E-state index is -0.627. The molecule has 1 aliphatic carbocycles. The molecule has 2 heterocycles. The van der Waals surface area contributed by atoms with E-state index in [4.69, 9.17) is 11.6 Å². The van der Waals surface area contributed by atoms with Gasteiger partial charge in [-0.3, -0.25) is 14.2 Å². The number of halogens is 1. The molecule has 1 fully saturated rings. The molecule has 9 heteroatoms. The Morgan fingerprint density at radius 2 is 2.10 bits per heavy atom. The van der Waals surface area contributed by atoms with Gasteiger partial charge in [0.15, 0.2) is 11.2 Å². The standard InChI is InChI=1S/C22H26ClN5O2S/c1-13(2)17(31)19(29)27-22(8-3-4-9-22)21-25-16-18(26-21)24-12-28(20(16)30)11-14-6-5-7-15(23)10-14/h5-7,10,12-13,17,31H,3-4,8-9,11H2,1-2H3,(H,25,26)(H,27,29)/t17-/m0/s1. The average Bonchev–Trinajstić information content (AvgIpc) is 3.38. The second kappa shape index (κ2) is 8.67. The van der Waals surface area contributed by atoms with E-state index >= 15 is 0 Å². The highest BCUT2D eigenvalue weighted by molar-refractivity contribution is 7.81. The first-order chi connectivity index (χ1) is 14.8. The number of benzene rings is 1. The molecule has 1 aromatic carbocycles. The highest BCUT2D eigenvalue weighted by atomic mass is 35.5. The third-order valence-corrected chi connectivity index (χ3v) is 6.96. The second-order valence-corrected chi connectivity index (χ2v) is 9.55. The molecule has 0 radical (unpaired) electrons. The summed E-state index contributed by atoms with van der Waals surface area (Å²) in [6.45, 7) is 4.28. The van der Waals surface area contributed by atoms with E-state index in [2.05, 4.69) is 32.9 Å². The number of hydrogen-bond acceptors (Lipinski definition) is 5. The van der Waals surface area contributed by atoms with E-state index in [0.717, 1.165) is 31.2 Å². The molecule has 0 bridgehead atoms. The van der Waals surface area contributed by atoms with Crippen LogP contribution in [0, 0.1) is 5.92 Å². The average molecular weight is 460 g/mol. The molecule has 3 aromatic rings. The molecule has 1 amide bonds. The molecule has 164 valence electrons. The fourth-order valence-corrected chi connectivity index (χ4v) is 4.39. The van der Waals surface area contributed by atoms with Gasteiger partial charge in [0.1, 0.15) is 12.2 Å². The summed E-state index contributed by atoms with van der Waals surface area (Å²) in [5.74, 6) is 0.576. The number of fused-ring (bicyclic) bond motifs is 1. The van der Waals surface area contributed by atoms with Gasteiger partial charge >= 0.3 is 0 Å². The van der Waals surface area contributed by atoms with Gasteiger partial charge in [-0.1, -0.05) is 50.4 Å². The maximum absolute atomic E-state index is 13.1. The Morgan fingerprint density at radius 3 is 2.77 bits per heavy atom. The second-order valence-electron chi connectivity index (χ2n) is 8.56. The van der Waals surface area contributed by atoms with E-state index in [1.54, 1.807) is 6.07 Å². The monoisotopic (exact) mass is 459 g/mol. The van der Waals surface area contributed by atoms with Crippen LogP contribution in [-0.2, 0) is 16.9 Å². The van der Waals surface area contributed by atoms with E-state index in [1.165, 1.54) is 10.9 Å². The van der Waals surface area contributed by atoms with Crippen LogP contribution in [0.3, 0.4) is 0 Å². The zero-order chi connectivity index (χ0) is 22.2. The molecule has 0 spiro atoms. The SMILES string of the molecule is CC(C)[C@H](S)C(=O)NC1(c2nc3ncn(Cc4cccc(Cl)c4)c(=O)c3[nH]2)CCCC1. The number of nitrogens with one attached hydrogen (secondary N) is 2. The number of hydrogen-bond donors (Lipinski definition) is 3. The summed E-state index contributed by atoms with van der Waals surface area (Å²) in [7, 11) is 0. The number of amides is 1. The normalized spacial score (nSPS) is 16.7. The molecule has 1 aliphatic rings. The fraction of sp³-hybridized carbons (Fsp3) is 0.455. The van der Waals surface area contributed by atoms with Gasteiger partial charge < -0.3 is 10.3 Å². The number of H-pyrrole nitrogens is 1. The van der Waals surface area contributed by atoms with Crippen molar-refractivity contribution in [2.24, 2.45) is 5.92 Å². The third-order valence-electron chi connectivity index (χ3n) is 5.89. The Bertz CT molecular complexity index is 1170. The zero-order valence-electron chi connectivity index (χ0n) is 17.6. The lowest BCUT2D eigenvalue weighted by atomic mass is 9.95. The van der Waals surface area contributed by atoms with Crippen LogP contribution in [0.1, 0.15) is 50.9 Å². The number of carbonyl (C=O) groups is 1. The van der Waals surface area contributed by atoms with Gasteiger partial charge in [-0.2, -0.15) is 12.6 Å². The molecule has 0 saturated heterocycles. The predicted molar refractivity (Wildman–Crippen MR) is 125 cm³/mol. The molecule has 2 N–H and O–H groups in total. The van der Waals surface area contributed by atoms with Crippen molar-refractivity contribution >= 4 is 41.3 Å². The first-order valence-corrected chi connectivity index (χ1v) is 11.4. The van der Waals surface area contributed by atoms with Crippen molar-refractivity contribution < 1.29 is 4.79 Å². The topological polar surface area (TPSA) is 92.7 Å². The lowest BCUT2D eigenvalue weighted by Crippen LogP contribution is -2.48. The molecule has 7 nitrogen and oxygen atoms in total. The maximum Gasteiger partial charge on any atom is 0.279 e. The molecular formula is C22H26ClN5O2S. The van der Waals surface area contributed by atoms with Crippen molar-refractivity contribution in [3.05, 3.63) is 57.4 Å². The van der Waals surface area contributed by atoms with Crippen LogP contribution in [0.5, 0.6) is 0 Å². The van der Waals surface area contributed by atoms with Gasteiger partial charge in [-0.05, 0) is 36.5 Å². The predicted octanol–water partition coefficient (Wildman–Crippen LogP) is 3.66. The van der Waals surface area contributed by atoms with Crippen molar-refractivity contribution in [1.29, 1.82) is 0 Å². The number of aromatic nitrogens is 4. The lowest BCUT2D eigenvalue weighted by Gasteiger charge is -2.30. The molecule has 0 aliphatic heterocycles. The van der Waals surface area contributed by atoms with Crippen LogP contribution in [0.25, 0.3) is 11.2 Å². The van der Waals surface area contributed by atoms with Crippen LogP contribution in [0.4, 0.5) is 0 Å². The summed E-state index contributed by atoms with van der Waals surface area (Å²) in [4.78, 5) is 38.0. The lowest BCUT2D eigenvalue weighted by molar-refractivity contribution is -0.123. The minimum absolute atomic E-state index is 0.109. The van der Waals surface area contributed by atoms with Crippen molar-refractivity contribution in [2.45, 2.75) is 56.9 Å². The Balaban J connectivity index is 1.68. The summed E-state index contributed by atoms with van der Waals surface area (Å²) < 4.78 is 1.53. The van der Waals surface area contributed by atoms with Gasteiger partial charge in [0.05, 0.1) is 17.3 Å². The first kappa shape index (κ1) is 21.9. The van der Waals surface area contributed by atoms with Gasteiger partial charge in [0, 0.05) is 5.02 Å². The summed E-state index contributed by atoms with van der Waals surface area (Å²) in [6, 6.07) is 7.37. The van der Waals surface area contributed by atoms with Gasteiger partial charge in [-0.25, -0.2) is 9.97 Å². The summed E-state index contributed by atoms with van der Waals surface area (Å²) in [5, 5.41) is 3.38. The van der Waals surface area contributed by atoms with Crippen LogP contribution in [-0.4, -0.2) is 30.7 Å². The first-order valence-electron chi connectivity index (χ1n) is 10.5. The Hall–Kier alpha value is -2.32. The highest BCUT2D eigenvalue weighted by Gasteiger charge is 2.41. The molecule has 1 saturated carbocycles. The van der Waals surface area contributed by atoms with Gasteiger partial charge in [-0.15, -0.1) is 0 Å². The zero-order valence-corrected chi connectivity index (χ0v) is 19.2. The van der Waals surface area contributed by atoms with Crippen LogP contribution in [0.2, 0.25) is 5.02 Å². The number of nitrogens with zero attached hydrogens (tertiary/aromatic N) is 3. The summed E-state index contributed by atoms with van der Waals surface area (Å²) in [6.07, 6.45) is 4.96. The van der Waals surface area contributed by atoms with Gasteiger partial charge in [0.25, 0.3) is 5.56 Å². The number of carbonyl (C=O) groups excluding carboxylic acids is 1. The molecule has 1 atom stereocenters. The van der Waals surface area contributed by atoms with E-state index in [0.29, 0.717) is 28.6 Å². The van der Waals surface area contributed by atoms with Crippen molar-refractivity contribution in [1.82, 2.24) is 24.8 Å². The van der Waals surface area contributed by atoms with E-state index in [-0.39, 0.29) is 17.4 Å². The number of imidazole rings is 1. The molecule has 31 heavy (non-hydrogen) atoms. The molecule has 0 unspecified atom stereocenters. The summed E-state index contributed by atoms with van der Waals surface area (Å²) >= 11 is 10.5. The maximum atomic E-state index is 13.1. The molecule has 4 rings (SSSR count). The van der Waals surface area contributed by atoms with E-state index in [1.807, 2.05) is 32.0 Å². The van der Waals surface area contributed by atoms with Crippen molar-refractivity contribution in [3.8, 4) is 0 Å². The van der Waals surface area contributed by atoms with E-state index < -0.39 is 10.8 Å². The highest BCUT2D eigenvalue weighted by Crippen LogP contribution is 2.38. The van der Waals surface area contributed by atoms with Crippen LogP contribution < -0.4 is 10.9 Å². The Kier molecular flexibility index (Phi) is 6.12. The minimum Gasteiger partial charge on any atom is -0.342 e. The van der Waals surface area contributed by atoms with Gasteiger partial charge in [0.2, 0.25) is 5.91 Å². The Morgan fingerprint density at radius 1 is 1.35 bits per heavy atom. The number of aromatic amines is 1. The molecule has 2 aromatic heterocycles. The van der Waals surface area contributed by atoms with E-state index in [9.17, 15) is 9.59 Å². The largest absolute Gasteiger partial charge is 0.342 e. The van der Waals surface area contributed by atoms with Crippen molar-refractivity contribution in [3.63, 3.8) is 0 Å². The smallest absolute Gasteiger partial charge is 0.279 e. The van der Waals surface area contributed by atoms with Crippen LogP contribution >= 0.6 is 24.2 Å². The van der Waals surface area contributed by atoms with Crippen LogP contribution in [0.15, 0.2) is 35.4 Å². The third kappa shape index (κ3) is 4.36. The summed E-state index contributed by atoms with van der Waals surface area (Å²) in [5.41, 5.74) is 0.763. The number of rotatable bonds is 6. The number of thiol groups is 1. The van der Waals surface area contributed by atoms with Crippen molar-refractivity contribution in [2.75, 3.05) is 0 Å².